The number of rotatable bonds is 5. The Kier molecular flexibility index (Phi) is 3.75. The Bertz CT molecular complexity index is 738. The summed E-state index contributed by atoms with van der Waals surface area (Å²) in [4.78, 5) is 4.72. The molecule has 0 atom stereocenters. The highest BCUT2D eigenvalue weighted by molar-refractivity contribution is 5.48. The third-order valence-electron chi connectivity index (χ3n) is 3.38. The minimum atomic E-state index is 0.625. The molecule has 0 aliphatic heterocycles. The molecule has 0 saturated heterocycles. The van der Waals surface area contributed by atoms with Crippen LogP contribution < -0.4 is 5.32 Å². The Hall–Kier alpha value is -2.14. The number of imidazole rings is 1. The van der Waals surface area contributed by atoms with Crippen LogP contribution in [0.5, 0.6) is 0 Å². The molecule has 0 aromatic carbocycles. The van der Waals surface area contributed by atoms with Crippen molar-refractivity contribution in [2.45, 2.75) is 27.3 Å². The maximum Gasteiger partial charge on any atom is 0.176 e. The van der Waals surface area contributed by atoms with Crippen LogP contribution in [0.2, 0.25) is 0 Å². The van der Waals surface area contributed by atoms with E-state index < -0.39 is 0 Å². The molecule has 3 aromatic heterocycles. The number of aromatic nitrogens is 4. The predicted molar refractivity (Wildman–Crippen MR) is 83.6 cm³/mol. The SMILES string of the molecule is Cc1cnn(-c2nc3ccccn3c2CNCC(C)C)c1. The molecule has 0 aliphatic rings. The molecule has 0 bridgehead atoms. The highest BCUT2D eigenvalue weighted by atomic mass is 15.3. The first-order valence-corrected chi connectivity index (χ1v) is 7.33. The van der Waals surface area contributed by atoms with Crippen LogP contribution >= 0.6 is 0 Å². The smallest absolute Gasteiger partial charge is 0.176 e. The van der Waals surface area contributed by atoms with Gasteiger partial charge in [0.1, 0.15) is 5.65 Å². The average molecular weight is 283 g/mol. The van der Waals surface area contributed by atoms with Crippen molar-refractivity contribution >= 4 is 5.65 Å². The van der Waals surface area contributed by atoms with E-state index in [1.807, 2.05) is 42.2 Å². The molecular formula is C16H21N5. The topological polar surface area (TPSA) is 47.2 Å². The highest BCUT2D eigenvalue weighted by Gasteiger charge is 2.14. The van der Waals surface area contributed by atoms with Gasteiger partial charge in [-0.05, 0) is 37.1 Å². The molecule has 1 N–H and O–H groups in total. The van der Waals surface area contributed by atoms with Gasteiger partial charge in [-0.3, -0.25) is 0 Å². The Morgan fingerprint density at radius 1 is 1.29 bits per heavy atom. The van der Waals surface area contributed by atoms with E-state index in [0.717, 1.165) is 35.8 Å². The van der Waals surface area contributed by atoms with Crippen molar-refractivity contribution in [2.75, 3.05) is 6.54 Å². The largest absolute Gasteiger partial charge is 0.311 e. The average Bonchev–Trinajstić information content (AvgIpc) is 3.03. The molecule has 5 heteroatoms. The van der Waals surface area contributed by atoms with E-state index in [1.165, 1.54) is 0 Å². The number of aryl methyl sites for hydroxylation is 1. The van der Waals surface area contributed by atoms with Gasteiger partial charge in [-0.2, -0.15) is 5.10 Å². The van der Waals surface area contributed by atoms with Gasteiger partial charge in [0, 0.05) is 18.9 Å². The van der Waals surface area contributed by atoms with Crippen molar-refractivity contribution in [3.63, 3.8) is 0 Å². The Balaban J connectivity index is 2.01. The normalized spacial score (nSPS) is 11.6. The maximum atomic E-state index is 4.72. The molecule has 0 radical (unpaired) electrons. The lowest BCUT2D eigenvalue weighted by Crippen LogP contribution is -2.21. The number of hydrogen-bond acceptors (Lipinski definition) is 3. The first kappa shape index (κ1) is 13.8. The quantitative estimate of drug-likeness (QED) is 0.783. The van der Waals surface area contributed by atoms with Gasteiger partial charge in [-0.15, -0.1) is 0 Å². The molecule has 0 amide bonds. The minimum Gasteiger partial charge on any atom is -0.311 e. The first-order chi connectivity index (χ1) is 10.1. The summed E-state index contributed by atoms with van der Waals surface area (Å²) in [6, 6.07) is 6.05. The van der Waals surface area contributed by atoms with Gasteiger partial charge in [0.25, 0.3) is 0 Å². The third-order valence-corrected chi connectivity index (χ3v) is 3.38. The second-order valence-electron chi connectivity index (χ2n) is 5.80. The molecule has 5 nitrogen and oxygen atoms in total. The van der Waals surface area contributed by atoms with E-state index in [0.29, 0.717) is 5.92 Å². The van der Waals surface area contributed by atoms with E-state index in [4.69, 9.17) is 4.98 Å². The monoisotopic (exact) mass is 283 g/mol. The van der Waals surface area contributed by atoms with Crippen molar-refractivity contribution < 1.29 is 0 Å². The molecule has 0 unspecified atom stereocenters. The predicted octanol–water partition coefficient (Wildman–Crippen LogP) is 2.57. The van der Waals surface area contributed by atoms with Crippen molar-refractivity contribution in [2.24, 2.45) is 5.92 Å². The second-order valence-corrected chi connectivity index (χ2v) is 5.80. The Morgan fingerprint density at radius 3 is 2.86 bits per heavy atom. The first-order valence-electron chi connectivity index (χ1n) is 7.33. The van der Waals surface area contributed by atoms with Crippen LogP contribution in [-0.2, 0) is 6.54 Å². The maximum absolute atomic E-state index is 4.72. The zero-order valence-electron chi connectivity index (χ0n) is 12.7. The summed E-state index contributed by atoms with van der Waals surface area (Å²) in [5.41, 5.74) is 3.21. The van der Waals surface area contributed by atoms with Gasteiger partial charge in [0.05, 0.1) is 11.9 Å². The lowest BCUT2D eigenvalue weighted by atomic mass is 10.2. The van der Waals surface area contributed by atoms with Crippen LogP contribution in [0.4, 0.5) is 0 Å². The Morgan fingerprint density at radius 2 is 2.14 bits per heavy atom. The van der Waals surface area contributed by atoms with Gasteiger partial charge >= 0.3 is 0 Å². The van der Waals surface area contributed by atoms with Gasteiger partial charge in [-0.1, -0.05) is 19.9 Å². The number of hydrogen-bond donors (Lipinski definition) is 1. The molecule has 21 heavy (non-hydrogen) atoms. The van der Waals surface area contributed by atoms with Crippen molar-refractivity contribution in [3.8, 4) is 5.82 Å². The molecular weight excluding hydrogens is 262 g/mol. The van der Waals surface area contributed by atoms with Crippen molar-refractivity contribution in [1.82, 2.24) is 24.5 Å². The van der Waals surface area contributed by atoms with Gasteiger partial charge < -0.3 is 9.72 Å². The fourth-order valence-corrected chi connectivity index (χ4v) is 2.39. The van der Waals surface area contributed by atoms with Crippen LogP contribution in [-0.4, -0.2) is 25.7 Å². The number of pyridine rings is 1. The summed E-state index contributed by atoms with van der Waals surface area (Å²) in [5, 5.41) is 7.89. The summed E-state index contributed by atoms with van der Waals surface area (Å²) < 4.78 is 3.98. The minimum absolute atomic E-state index is 0.625. The molecule has 3 rings (SSSR count). The standard InChI is InChI=1S/C16H21N5/c1-12(2)8-17-10-14-16(21-11-13(3)9-18-21)19-15-6-4-5-7-20(14)15/h4-7,9,11-12,17H,8,10H2,1-3H3. The van der Waals surface area contributed by atoms with E-state index in [9.17, 15) is 0 Å². The number of fused-ring (bicyclic) bond motifs is 1. The van der Waals surface area contributed by atoms with Crippen molar-refractivity contribution in [3.05, 3.63) is 48.0 Å². The molecule has 3 heterocycles. The van der Waals surface area contributed by atoms with Crippen LogP contribution in [0.3, 0.4) is 0 Å². The van der Waals surface area contributed by atoms with Gasteiger partial charge in [0.15, 0.2) is 5.82 Å². The van der Waals surface area contributed by atoms with Crippen LogP contribution in [0.25, 0.3) is 11.5 Å². The molecule has 3 aromatic rings. The van der Waals surface area contributed by atoms with Gasteiger partial charge in [0.2, 0.25) is 0 Å². The third kappa shape index (κ3) is 2.83. The van der Waals surface area contributed by atoms with Gasteiger partial charge in [-0.25, -0.2) is 9.67 Å². The molecule has 0 aliphatic carbocycles. The summed E-state index contributed by atoms with van der Waals surface area (Å²) in [5.74, 6) is 1.52. The molecule has 0 spiro atoms. The van der Waals surface area contributed by atoms with Crippen LogP contribution in [0.15, 0.2) is 36.8 Å². The zero-order chi connectivity index (χ0) is 14.8. The Labute approximate surface area is 124 Å². The summed E-state index contributed by atoms with van der Waals surface area (Å²) >= 11 is 0. The van der Waals surface area contributed by atoms with Crippen LogP contribution in [0.1, 0.15) is 25.1 Å². The number of nitrogens with one attached hydrogen (secondary N) is 1. The van der Waals surface area contributed by atoms with E-state index >= 15 is 0 Å². The summed E-state index contributed by atoms with van der Waals surface area (Å²) in [7, 11) is 0. The fourth-order valence-electron chi connectivity index (χ4n) is 2.39. The lowest BCUT2D eigenvalue weighted by Gasteiger charge is -2.09. The molecule has 0 saturated carbocycles. The van der Waals surface area contributed by atoms with E-state index in [-0.39, 0.29) is 0 Å². The van der Waals surface area contributed by atoms with E-state index in [1.54, 1.807) is 0 Å². The fraction of sp³-hybridized carbons (Fsp3) is 0.375. The molecule has 110 valence electrons. The van der Waals surface area contributed by atoms with Crippen molar-refractivity contribution in [1.29, 1.82) is 0 Å². The number of nitrogens with zero attached hydrogens (tertiary/aromatic N) is 4. The summed E-state index contributed by atoms with van der Waals surface area (Å²) in [6.45, 7) is 8.21. The van der Waals surface area contributed by atoms with Crippen LogP contribution in [0, 0.1) is 12.8 Å². The zero-order valence-corrected chi connectivity index (χ0v) is 12.7. The lowest BCUT2D eigenvalue weighted by molar-refractivity contribution is 0.545. The van der Waals surface area contributed by atoms with E-state index in [2.05, 4.69) is 34.9 Å². The second kappa shape index (κ2) is 5.69. The highest BCUT2D eigenvalue weighted by Crippen LogP contribution is 2.17. The molecule has 0 fully saturated rings. The summed E-state index contributed by atoms with van der Waals surface area (Å²) in [6.07, 6.45) is 5.91.